The van der Waals surface area contributed by atoms with E-state index in [2.05, 4.69) is 10.2 Å². The minimum Gasteiger partial charge on any atom is -0.329 e. The van der Waals surface area contributed by atoms with Crippen LogP contribution >= 0.6 is 0 Å². The van der Waals surface area contributed by atoms with Crippen LogP contribution in [0.5, 0.6) is 0 Å². The number of hydrogen-bond donors (Lipinski definition) is 2. The monoisotopic (exact) mass is 246 g/mol. The van der Waals surface area contributed by atoms with E-state index in [1.54, 1.807) is 20.8 Å². The first kappa shape index (κ1) is 13.1. The zero-order valence-electron chi connectivity index (χ0n) is 9.82. The van der Waals surface area contributed by atoms with Crippen LogP contribution in [-0.4, -0.2) is 42.6 Å². The van der Waals surface area contributed by atoms with Crippen molar-refractivity contribution in [1.29, 1.82) is 0 Å². The molecule has 1 aromatic rings. The van der Waals surface area contributed by atoms with Crippen LogP contribution in [0.1, 0.15) is 18.3 Å². The molecule has 3 N–H and O–H groups in total. The number of nitrogens with one attached hydrogen (secondary N) is 1. The number of aromatic amines is 1. The van der Waals surface area contributed by atoms with Gasteiger partial charge in [0, 0.05) is 19.6 Å². The molecule has 0 atom stereocenters. The summed E-state index contributed by atoms with van der Waals surface area (Å²) < 4.78 is 25.9. The summed E-state index contributed by atoms with van der Waals surface area (Å²) in [7, 11) is -3.47. The molecule has 16 heavy (non-hydrogen) atoms. The number of rotatable bonds is 5. The van der Waals surface area contributed by atoms with Gasteiger partial charge in [-0.25, -0.2) is 8.42 Å². The highest BCUT2D eigenvalue weighted by atomic mass is 32.2. The molecule has 0 fully saturated rings. The van der Waals surface area contributed by atoms with Gasteiger partial charge in [-0.15, -0.1) is 0 Å². The highest BCUT2D eigenvalue weighted by Crippen LogP contribution is 2.20. The molecular formula is C9H18N4O2S. The molecule has 0 amide bonds. The van der Waals surface area contributed by atoms with Gasteiger partial charge in [0.15, 0.2) is 0 Å². The Hall–Kier alpha value is -0.920. The largest absolute Gasteiger partial charge is 0.329 e. The zero-order valence-corrected chi connectivity index (χ0v) is 10.6. The third kappa shape index (κ3) is 2.26. The Morgan fingerprint density at radius 2 is 2.06 bits per heavy atom. The number of aromatic nitrogens is 2. The van der Waals surface area contributed by atoms with Gasteiger partial charge in [-0.3, -0.25) is 5.10 Å². The van der Waals surface area contributed by atoms with Crippen LogP contribution in [0, 0.1) is 13.8 Å². The highest BCUT2D eigenvalue weighted by molar-refractivity contribution is 7.89. The second-order valence-electron chi connectivity index (χ2n) is 3.55. The van der Waals surface area contributed by atoms with Gasteiger partial charge in [-0.2, -0.15) is 9.40 Å². The van der Waals surface area contributed by atoms with E-state index in [-0.39, 0.29) is 4.90 Å². The van der Waals surface area contributed by atoms with E-state index in [0.29, 0.717) is 31.0 Å². The Kier molecular flexibility index (Phi) is 4.06. The summed E-state index contributed by atoms with van der Waals surface area (Å²) in [5.74, 6) is 0. The van der Waals surface area contributed by atoms with Crippen LogP contribution in [0.4, 0.5) is 0 Å². The van der Waals surface area contributed by atoms with Crippen LogP contribution in [0.3, 0.4) is 0 Å². The van der Waals surface area contributed by atoms with Gasteiger partial charge in [0.05, 0.1) is 11.4 Å². The maximum absolute atomic E-state index is 12.3. The minimum atomic E-state index is -3.47. The molecule has 0 aromatic carbocycles. The molecule has 6 nitrogen and oxygen atoms in total. The summed E-state index contributed by atoms with van der Waals surface area (Å²) in [4.78, 5) is 0.266. The van der Waals surface area contributed by atoms with Crippen molar-refractivity contribution < 1.29 is 8.42 Å². The average molecular weight is 246 g/mol. The van der Waals surface area contributed by atoms with Gasteiger partial charge in [-0.05, 0) is 13.8 Å². The molecule has 0 aliphatic heterocycles. The summed E-state index contributed by atoms with van der Waals surface area (Å²) in [6.45, 7) is 6.20. The number of nitrogens with two attached hydrogens (primary N) is 1. The van der Waals surface area contributed by atoms with Crippen LogP contribution in [0.15, 0.2) is 4.90 Å². The second kappa shape index (κ2) is 4.94. The second-order valence-corrected chi connectivity index (χ2v) is 5.42. The fourth-order valence-corrected chi connectivity index (χ4v) is 3.44. The van der Waals surface area contributed by atoms with Crippen molar-refractivity contribution in [3.8, 4) is 0 Å². The van der Waals surface area contributed by atoms with Crippen molar-refractivity contribution in [2.45, 2.75) is 25.7 Å². The number of sulfonamides is 1. The van der Waals surface area contributed by atoms with E-state index in [1.165, 1.54) is 4.31 Å². The first-order valence-corrected chi connectivity index (χ1v) is 6.61. The molecule has 1 heterocycles. The molecule has 0 unspecified atom stereocenters. The molecule has 0 spiro atoms. The third-order valence-corrected chi connectivity index (χ3v) is 4.63. The van der Waals surface area contributed by atoms with Gasteiger partial charge >= 0.3 is 0 Å². The fourth-order valence-electron chi connectivity index (χ4n) is 1.64. The molecule has 0 saturated carbocycles. The maximum atomic E-state index is 12.3. The lowest BCUT2D eigenvalue weighted by atomic mass is 10.4. The lowest BCUT2D eigenvalue weighted by Gasteiger charge is -2.19. The Balaban J connectivity index is 3.20. The molecule has 1 aromatic heterocycles. The topological polar surface area (TPSA) is 92.1 Å². The SMILES string of the molecule is CCN(CCN)S(=O)(=O)c1c(C)n[nH]c1C. The number of hydrogen-bond acceptors (Lipinski definition) is 4. The van der Waals surface area contributed by atoms with E-state index >= 15 is 0 Å². The van der Waals surface area contributed by atoms with Gasteiger partial charge in [0.25, 0.3) is 0 Å². The predicted octanol–water partition coefficient (Wildman–Crippen LogP) is -0.00416. The van der Waals surface area contributed by atoms with E-state index in [0.717, 1.165) is 0 Å². The zero-order chi connectivity index (χ0) is 12.3. The van der Waals surface area contributed by atoms with Crippen molar-refractivity contribution in [3.05, 3.63) is 11.4 Å². The quantitative estimate of drug-likeness (QED) is 0.764. The van der Waals surface area contributed by atoms with E-state index in [1.807, 2.05) is 0 Å². The van der Waals surface area contributed by atoms with Gasteiger partial charge in [-0.1, -0.05) is 6.92 Å². The van der Waals surface area contributed by atoms with Crippen molar-refractivity contribution in [2.24, 2.45) is 5.73 Å². The molecule has 0 saturated heterocycles. The molecule has 0 bridgehead atoms. The molecule has 0 aliphatic carbocycles. The average Bonchev–Trinajstić information content (AvgIpc) is 2.55. The van der Waals surface area contributed by atoms with E-state index in [9.17, 15) is 8.42 Å². The summed E-state index contributed by atoms with van der Waals surface area (Å²) in [5, 5.41) is 6.57. The molecule has 1 rings (SSSR count). The predicted molar refractivity (Wildman–Crippen MR) is 61.5 cm³/mol. The van der Waals surface area contributed by atoms with Crippen LogP contribution in [0.25, 0.3) is 0 Å². The smallest absolute Gasteiger partial charge is 0.246 e. The van der Waals surface area contributed by atoms with Crippen LogP contribution in [0.2, 0.25) is 0 Å². The number of aryl methyl sites for hydroxylation is 2. The number of likely N-dealkylation sites (N-methyl/N-ethyl adjacent to an activating group) is 1. The van der Waals surface area contributed by atoms with Gasteiger partial charge in [0.2, 0.25) is 10.0 Å². The molecule has 7 heteroatoms. The van der Waals surface area contributed by atoms with Crippen molar-refractivity contribution in [1.82, 2.24) is 14.5 Å². The fraction of sp³-hybridized carbons (Fsp3) is 0.667. The Morgan fingerprint density at radius 3 is 2.44 bits per heavy atom. The summed E-state index contributed by atoms with van der Waals surface area (Å²) >= 11 is 0. The summed E-state index contributed by atoms with van der Waals surface area (Å²) in [5.41, 5.74) is 6.46. The van der Waals surface area contributed by atoms with E-state index in [4.69, 9.17) is 5.73 Å². The van der Waals surface area contributed by atoms with Gasteiger partial charge < -0.3 is 5.73 Å². The standard InChI is InChI=1S/C9H18N4O2S/c1-4-13(6-5-10)16(14,15)9-7(2)11-12-8(9)3/h4-6,10H2,1-3H3,(H,11,12). The maximum Gasteiger partial charge on any atom is 0.246 e. The van der Waals surface area contributed by atoms with Crippen LogP contribution in [-0.2, 0) is 10.0 Å². The van der Waals surface area contributed by atoms with Crippen LogP contribution < -0.4 is 5.73 Å². The van der Waals surface area contributed by atoms with Crippen molar-refractivity contribution in [3.63, 3.8) is 0 Å². The first-order valence-electron chi connectivity index (χ1n) is 5.17. The Morgan fingerprint density at radius 1 is 1.44 bits per heavy atom. The normalized spacial score (nSPS) is 12.3. The first-order chi connectivity index (χ1) is 7.45. The molecular weight excluding hydrogens is 228 g/mol. The summed E-state index contributed by atoms with van der Waals surface area (Å²) in [6.07, 6.45) is 0. The van der Waals surface area contributed by atoms with Crippen molar-refractivity contribution in [2.75, 3.05) is 19.6 Å². The van der Waals surface area contributed by atoms with Crippen molar-refractivity contribution >= 4 is 10.0 Å². The molecule has 92 valence electrons. The van der Waals surface area contributed by atoms with Gasteiger partial charge in [0.1, 0.15) is 4.90 Å². The highest BCUT2D eigenvalue weighted by Gasteiger charge is 2.27. The number of H-pyrrole nitrogens is 1. The lowest BCUT2D eigenvalue weighted by Crippen LogP contribution is -2.35. The third-order valence-electron chi connectivity index (χ3n) is 2.39. The summed E-state index contributed by atoms with van der Waals surface area (Å²) in [6, 6.07) is 0. The minimum absolute atomic E-state index is 0.266. The molecule has 0 aliphatic rings. The molecule has 0 radical (unpaired) electrons. The van der Waals surface area contributed by atoms with E-state index < -0.39 is 10.0 Å². The number of nitrogens with zero attached hydrogens (tertiary/aromatic N) is 2. The Bertz CT molecular complexity index is 433. The lowest BCUT2D eigenvalue weighted by molar-refractivity contribution is 0.435. The Labute approximate surface area is 95.9 Å².